The lowest BCUT2D eigenvalue weighted by molar-refractivity contribution is 0.220. The summed E-state index contributed by atoms with van der Waals surface area (Å²) in [5.41, 5.74) is 1.11. The zero-order valence-corrected chi connectivity index (χ0v) is 14.1. The van der Waals surface area contributed by atoms with E-state index in [9.17, 15) is 4.79 Å². The average molecular weight is 322 g/mol. The number of aryl methyl sites for hydroxylation is 2. The van der Waals surface area contributed by atoms with E-state index in [4.69, 9.17) is 0 Å². The van der Waals surface area contributed by atoms with Gasteiger partial charge in [0.05, 0.1) is 5.69 Å². The van der Waals surface area contributed by atoms with Crippen LogP contribution >= 0.6 is 11.3 Å². The molecular weight excluding hydrogens is 300 g/mol. The van der Waals surface area contributed by atoms with Crippen LogP contribution in [0.5, 0.6) is 0 Å². The number of thiazole rings is 1. The zero-order valence-electron chi connectivity index (χ0n) is 13.2. The molecule has 8 heteroatoms. The van der Waals surface area contributed by atoms with Gasteiger partial charge in [0, 0.05) is 25.0 Å². The Morgan fingerprint density at radius 2 is 2.09 bits per heavy atom. The minimum absolute atomic E-state index is 0.146. The van der Waals surface area contributed by atoms with Crippen LogP contribution in [0.2, 0.25) is 0 Å². The molecule has 0 radical (unpaired) electrons. The Morgan fingerprint density at radius 1 is 1.36 bits per heavy atom. The summed E-state index contributed by atoms with van der Waals surface area (Å²) in [7, 11) is 1.76. The normalized spacial score (nSPS) is 10.7. The Bertz CT molecular complexity index is 595. The van der Waals surface area contributed by atoms with Gasteiger partial charge in [-0.1, -0.05) is 20.3 Å². The van der Waals surface area contributed by atoms with Crippen molar-refractivity contribution in [3.05, 3.63) is 23.2 Å². The van der Waals surface area contributed by atoms with E-state index in [-0.39, 0.29) is 6.03 Å². The fraction of sp³-hybridized carbons (Fsp3) is 0.571. The third-order valence-corrected chi connectivity index (χ3v) is 4.46. The lowest BCUT2D eigenvalue weighted by Gasteiger charge is -2.16. The Balaban J connectivity index is 1.90. The fourth-order valence-corrected chi connectivity index (χ4v) is 2.97. The molecule has 120 valence electrons. The van der Waals surface area contributed by atoms with E-state index in [1.165, 1.54) is 4.88 Å². The number of amides is 2. The van der Waals surface area contributed by atoms with E-state index < -0.39 is 0 Å². The second-order valence-corrected chi connectivity index (χ2v) is 6.13. The molecule has 0 aliphatic carbocycles. The second-order valence-electron chi connectivity index (χ2n) is 5.04. The summed E-state index contributed by atoms with van der Waals surface area (Å²) < 4.78 is 1.84. The smallest absolute Gasteiger partial charge is 0.323 e. The van der Waals surface area contributed by atoms with Crippen LogP contribution in [0.1, 0.15) is 30.8 Å². The van der Waals surface area contributed by atoms with Crippen molar-refractivity contribution in [3.8, 4) is 0 Å². The molecule has 0 bridgehead atoms. The van der Waals surface area contributed by atoms with Crippen LogP contribution in [0.4, 0.5) is 9.93 Å². The highest BCUT2D eigenvalue weighted by atomic mass is 32.1. The monoisotopic (exact) mass is 322 g/mol. The summed E-state index contributed by atoms with van der Waals surface area (Å²) in [6.45, 7) is 5.49. The molecule has 0 fully saturated rings. The molecule has 2 aromatic rings. The van der Waals surface area contributed by atoms with E-state index in [1.807, 2.05) is 4.57 Å². The van der Waals surface area contributed by atoms with E-state index in [2.05, 4.69) is 34.3 Å². The molecule has 22 heavy (non-hydrogen) atoms. The van der Waals surface area contributed by atoms with Crippen LogP contribution in [0.3, 0.4) is 0 Å². The highest BCUT2D eigenvalue weighted by molar-refractivity contribution is 7.15. The summed E-state index contributed by atoms with van der Waals surface area (Å²) in [6.07, 6.45) is 6.24. The average Bonchev–Trinajstić information content (AvgIpc) is 3.14. The number of carbonyl (C=O) groups is 1. The molecule has 0 aliphatic heterocycles. The second kappa shape index (κ2) is 7.88. The number of hydrogen-bond donors (Lipinski definition) is 1. The van der Waals surface area contributed by atoms with Crippen molar-refractivity contribution < 1.29 is 4.79 Å². The predicted octanol–water partition coefficient (Wildman–Crippen LogP) is 2.41. The number of likely N-dealkylation sites (N-methyl/N-ethyl adjacent to an activating group) is 1. The van der Waals surface area contributed by atoms with Crippen molar-refractivity contribution in [2.24, 2.45) is 0 Å². The summed E-state index contributed by atoms with van der Waals surface area (Å²) in [5, 5.41) is 11.0. The number of carbonyl (C=O) groups excluding carboxylic acids is 1. The SMILES string of the molecule is CCCc1nc(NC(=O)N(C)CCn2cnnc2)sc1CC. The van der Waals surface area contributed by atoms with Crippen LogP contribution in [0.25, 0.3) is 0 Å². The molecule has 2 rings (SSSR count). The first-order chi connectivity index (χ1) is 10.6. The van der Waals surface area contributed by atoms with Crippen LogP contribution in [0, 0.1) is 0 Å². The molecule has 0 saturated heterocycles. The summed E-state index contributed by atoms with van der Waals surface area (Å²) >= 11 is 1.57. The van der Waals surface area contributed by atoms with Gasteiger partial charge in [-0.15, -0.1) is 21.5 Å². The zero-order chi connectivity index (χ0) is 15.9. The number of nitrogens with one attached hydrogen (secondary N) is 1. The lowest BCUT2D eigenvalue weighted by atomic mass is 10.2. The highest BCUT2D eigenvalue weighted by Crippen LogP contribution is 2.24. The van der Waals surface area contributed by atoms with Gasteiger partial charge in [0.2, 0.25) is 0 Å². The van der Waals surface area contributed by atoms with Gasteiger partial charge in [0.25, 0.3) is 0 Å². The van der Waals surface area contributed by atoms with Crippen molar-refractivity contribution in [1.29, 1.82) is 0 Å². The third kappa shape index (κ3) is 4.27. The van der Waals surface area contributed by atoms with Crippen LogP contribution in [-0.4, -0.2) is 44.3 Å². The van der Waals surface area contributed by atoms with Crippen LogP contribution < -0.4 is 5.32 Å². The summed E-state index contributed by atoms with van der Waals surface area (Å²) in [4.78, 5) is 19.6. The number of hydrogen-bond acceptors (Lipinski definition) is 5. The Labute approximate surface area is 134 Å². The number of rotatable bonds is 7. The van der Waals surface area contributed by atoms with Gasteiger partial charge in [-0.25, -0.2) is 9.78 Å². The lowest BCUT2D eigenvalue weighted by Crippen LogP contribution is -2.33. The molecule has 7 nitrogen and oxygen atoms in total. The third-order valence-electron chi connectivity index (χ3n) is 3.31. The molecule has 0 saturated carbocycles. The van der Waals surface area contributed by atoms with Gasteiger partial charge < -0.3 is 9.47 Å². The van der Waals surface area contributed by atoms with E-state index in [0.29, 0.717) is 18.2 Å². The summed E-state index contributed by atoms with van der Waals surface area (Å²) in [6, 6.07) is -0.146. The molecule has 2 aromatic heterocycles. The number of aromatic nitrogens is 4. The quantitative estimate of drug-likeness (QED) is 0.849. The topological polar surface area (TPSA) is 75.9 Å². The first-order valence-electron chi connectivity index (χ1n) is 7.47. The van der Waals surface area contributed by atoms with Crippen molar-refractivity contribution in [1.82, 2.24) is 24.6 Å². The highest BCUT2D eigenvalue weighted by Gasteiger charge is 2.14. The number of anilines is 1. The minimum Gasteiger partial charge on any atom is -0.326 e. The molecule has 0 aliphatic rings. The van der Waals surface area contributed by atoms with Gasteiger partial charge in [-0.2, -0.15) is 0 Å². The minimum atomic E-state index is -0.146. The molecule has 0 spiro atoms. The van der Waals surface area contributed by atoms with Crippen molar-refractivity contribution >= 4 is 22.5 Å². The van der Waals surface area contributed by atoms with Gasteiger partial charge in [-0.3, -0.25) is 5.32 Å². The van der Waals surface area contributed by atoms with Gasteiger partial charge in [-0.05, 0) is 12.8 Å². The molecule has 0 aromatic carbocycles. The Hall–Kier alpha value is -1.96. The molecule has 0 atom stereocenters. The van der Waals surface area contributed by atoms with E-state index in [1.54, 1.807) is 35.9 Å². The molecule has 0 unspecified atom stereocenters. The fourth-order valence-electron chi connectivity index (χ4n) is 2.04. The van der Waals surface area contributed by atoms with E-state index >= 15 is 0 Å². The molecular formula is C14H22N6OS. The molecule has 2 heterocycles. The Morgan fingerprint density at radius 3 is 2.73 bits per heavy atom. The predicted molar refractivity (Wildman–Crippen MR) is 87.2 cm³/mol. The standard InChI is InChI=1S/C14H22N6OS/c1-4-6-11-12(5-2)22-13(17-11)18-14(21)19(3)7-8-20-9-15-16-10-20/h9-10H,4-8H2,1-3H3,(H,17,18,21). The first-order valence-corrected chi connectivity index (χ1v) is 8.28. The largest absolute Gasteiger partial charge is 0.326 e. The first kappa shape index (κ1) is 16.4. The Kier molecular flexibility index (Phi) is 5.88. The van der Waals surface area contributed by atoms with Gasteiger partial charge >= 0.3 is 6.03 Å². The molecule has 1 N–H and O–H groups in total. The number of nitrogens with zero attached hydrogens (tertiary/aromatic N) is 5. The summed E-state index contributed by atoms with van der Waals surface area (Å²) in [5.74, 6) is 0. The maximum atomic E-state index is 12.2. The maximum Gasteiger partial charge on any atom is 0.323 e. The van der Waals surface area contributed by atoms with Crippen molar-refractivity contribution in [2.75, 3.05) is 18.9 Å². The van der Waals surface area contributed by atoms with E-state index in [0.717, 1.165) is 25.0 Å². The van der Waals surface area contributed by atoms with Crippen LogP contribution in [0.15, 0.2) is 12.7 Å². The number of urea groups is 1. The van der Waals surface area contributed by atoms with Crippen LogP contribution in [-0.2, 0) is 19.4 Å². The van der Waals surface area contributed by atoms with Gasteiger partial charge in [0.1, 0.15) is 12.7 Å². The molecule has 2 amide bonds. The van der Waals surface area contributed by atoms with Crippen molar-refractivity contribution in [3.63, 3.8) is 0 Å². The maximum absolute atomic E-state index is 12.2. The van der Waals surface area contributed by atoms with Gasteiger partial charge in [0.15, 0.2) is 5.13 Å². The van der Waals surface area contributed by atoms with Crippen molar-refractivity contribution in [2.45, 2.75) is 39.7 Å².